The molecule has 2 unspecified atom stereocenters. The summed E-state index contributed by atoms with van der Waals surface area (Å²) < 4.78 is 95.5. The van der Waals surface area contributed by atoms with Crippen LogP contribution in [0.2, 0.25) is 0 Å². The van der Waals surface area contributed by atoms with Gasteiger partial charge in [0.1, 0.15) is 11.6 Å². The first kappa shape index (κ1) is 25.8. The molecule has 0 N–H and O–H groups in total. The van der Waals surface area contributed by atoms with Crippen LogP contribution in [-0.4, -0.2) is 6.10 Å². The third-order valence-electron chi connectivity index (χ3n) is 7.26. The number of alkyl halides is 4. The van der Waals surface area contributed by atoms with Crippen LogP contribution in [0, 0.1) is 17.6 Å². The molecule has 0 amide bonds. The van der Waals surface area contributed by atoms with Gasteiger partial charge in [0.2, 0.25) is 0 Å². The Kier molecular flexibility index (Phi) is 7.65. The molecule has 1 saturated carbocycles. The highest BCUT2D eigenvalue weighted by molar-refractivity contribution is 5.76. The van der Waals surface area contributed by atoms with E-state index in [1.54, 1.807) is 0 Å². The Morgan fingerprint density at radius 1 is 0.943 bits per heavy atom. The minimum atomic E-state index is -4.01. The predicted molar refractivity (Wildman–Crippen MR) is 124 cm³/mol. The molecule has 0 radical (unpaired) electrons. The van der Waals surface area contributed by atoms with Crippen molar-refractivity contribution in [1.29, 1.82) is 0 Å². The fourth-order valence-electron chi connectivity index (χ4n) is 5.38. The van der Waals surface area contributed by atoms with E-state index in [1.165, 1.54) is 12.1 Å². The Balaban J connectivity index is 1.62. The van der Waals surface area contributed by atoms with E-state index in [2.05, 4.69) is 6.58 Å². The van der Waals surface area contributed by atoms with Gasteiger partial charge in [0.25, 0.3) is 0 Å². The maximum atomic E-state index is 15.4. The van der Waals surface area contributed by atoms with Crippen molar-refractivity contribution in [2.24, 2.45) is 5.92 Å². The van der Waals surface area contributed by atoms with Gasteiger partial charge in [-0.2, -0.15) is 8.78 Å². The first-order valence-electron chi connectivity index (χ1n) is 12.3. The Morgan fingerprint density at radius 2 is 1.54 bits per heavy atom. The van der Waals surface area contributed by atoms with E-state index in [-0.39, 0.29) is 16.7 Å². The minimum Gasteiger partial charge on any atom is -0.313 e. The van der Waals surface area contributed by atoms with Crippen LogP contribution >= 0.6 is 0 Å². The molecule has 0 spiro atoms. The zero-order valence-corrected chi connectivity index (χ0v) is 19.7. The highest BCUT2D eigenvalue weighted by atomic mass is 19.3. The van der Waals surface area contributed by atoms with Crippen LogP contribution in [0.25, 0.3) is 11.1 Å². The van der Waals surface area contributed by atoms with Crippen molar-refractivity contribution in [2.45, 2.75) is 82.8 Å². The zero-order valence-electron chi connectivity index (χ0n) is 19.7. The highest BCUT2D eigenvalue weighted by Crippen LogP contribution is 2.52. The van der Waals surface area contributed by atoms with Crippen LogP contribution in [0.1, 0.15) is 86.5 Å². The largest absolute Gasteiger partial charge is 0.386 e. The van der Waals surface area contributed by atoms with Crippen LogP contribution < -0.4 is 0 Å². The van der Waals surface area contributed by atoms with Crippen LogP contribution in [-0.2, 0) is 17.3 Å². The molecule has 2 atom stereocenters. The Morgan fingerprint density at radius 3 is 2.14 bits per heavy atom. The molecule has 0 bridgehead atoms. The van der Waals surface area contributed by atoms with Gasteiger partial charge in [-0.15, -0.1) is 6.58 Å². The Hall–Kier alpha value is -2.28. The molecule has 35 heavy (non-hydrogen) atoms. The second kappa shape index (κ2) is 10.4. The molecule has 2 aromatic carbocycles. The first-order valence-corrected chi connectivity index (χ1v) is 12.3. The number of benzene rings is 2. The second-order valence-electron chi connectivity index (χ2n) is 9.59. The van der Waals surface area contributed by atoms with Gasteiger partial charge in [-0.1, -0.05) is 37.6 Å². The first-order chi connectivity index (χ1) is 16.7. The van der Waals surface area contributed by atoms with Gasteiger partial charge in [-0.05, 0) is 73.6 Å². The number of fused-ring (bicyclic) bond motifs is 3. The number of rotatable bonds is 8. The quantitative estimate of drug-likeness (QED) is 0.261. The molecule has 2 aromatic rings. The lowest BCUT2D eigenvalue weighted by Crippen LogP contribution is -2.31. The van der Waals surface area contributed by atoms with Crippen LogP contribution in [0.4, 0.5) is 26.3 Å². The SMILES string of the molecule is C=CCCC1CCC(OC(F)(F)c2ccc3c(c2F)C(F)C(F)c2c-3ccc(CCC)c2F)CC1. The lowest BCUT2D eigenvalue weighted by atomic mass is 9.80. The summed E-state index contributed by atoms with van der Waals surface area (Å²) in [5.74, 6) is -2.01. The fourth-order valence-corrected chi connectivity index (χ4v) is 5.38. The number of hydrogen-bond donors (Lipinski definition) is 0. The van der Waals surface area contributed by atoms with Crippen molar-refractivity contribution in [3.8, 4) is 11.1 Å². The molecule has 0 saturated heterocycles. The third-order valence-corrected chi connectivity index (χ3v) is 7.26. The molecule has 190 valence electrons. The zero-order chi connectivity index (χ0) is 25.3. The monoisotopic (exact) mass is 496 g/mol. The molecular weight excluding hydrogens is 466 g/mol. The summed E-state index contributed by atoms with van der Waals surface area (Å²) in [5.41, 5.74) is -2.34. The number of halogens is 6. The summed E-state index contributed by atoms with van der Waals surface area (Å²) >= 11 is 0. The van der Waals surface area contributed by atoms with Crippen molar-refractivity contribution >= 4 is 0 Å². The van der Waals surface area contributed by atoms with Crippen molar-refractivity contribution in [1.82, 2.24) is 0 Å². The maximum Gasteiger partial charge on any atom is 0.386 e. The smallest absolute Gasteiger partial charge is 0.313 e. The lowest BCUT2D eigenvalue weighted by molar-refractivity contribution is -0.279. The summed E-state index contributed by atoms with van der Waals surface area (Å²) in [6.45, 7) is 5.52. The van der Waals surface area contributed by atoms with Crippen LogP contribution in [0.3, 0.4) is 0 Å². The van der Waals surface area contributed by atoms with Gasteiger partial charge >= 0.3 is 6.11 Å². The predicted octanol–water partition coefficient (Wildman–Crippen LogP) is 9.21. The van der Waals surface area contributed by atoms with Crippen LogP contribution in [0.15, 0.2) is 36.9 Å². The number of aryl methyl sites for hydroxylation is 1. The molecule has 7 heteroatoms. The number of hydrogen-bond acceptors (Lipinski definition) is 1. The van der Waals surface area contributed by atoms with E-state index < -0.39 is 52.9 Å². The van der Waals surface area contributed by atoms with E-state index in [0.29, 0.717) is 31.6 Å². The van der Waals surface area contributed by atoms with Gasteiger partial charge < -0.3 is 4.74 Å². The molecule has 0 heterocycles. The van der Waals surface area contributed by atoms with Crippen molar-refractivity contribution in [3.63, 3.8) is 0 Å². The number of ether oxygens (including phenoxy) is 1. The molecule has 2 aliphatic carbocycles. The lowest BCUT2D eigenvalue weighted by Gasteiger charge is -2.32. The third kappa shape index (κ3) is 4.89. The topological polar surface area (TPSA) is 9.23 Å². The number of allylic oxidation sites excluding steroid dienone is 1. The van der Waals surface area contributed by atoms with E-state index in [9.17, 15) is 4.39 Å². The highest BCUT2D eigenvalue weighted by Gasteiger charge is 2.45. The van der Waals surface area contributed by atoms with E-state index >= 15 is 22.0 Å². The molecule has 4 rings (SSSR count). The molecule has 0 aromatic heterocycles. The van der Waals surface area contributed by atoms with Crippen LogP contribution in [0.5, 0.6) is 0 Å². The molecular formula is C28H30F6O. The maximum absolute atomic E-state index is 15.4. The molecule has 0 aliphatic heterocycles. The average Bonchev–Trinajstić information content (AvgIpc) is 2.83. The van der Waals surface area contributed by atoms with Gasteiger partial charge in [-0.3, -0.25) is 0 Å². The van der Waals surface area contributed by atoms with Gasteiger partial charge in [-0.25, -0.2) is 17.6 Å². The summed E-state index contributed by atoms with van der Waals surface area (Å²) in [6, 6.07) is 4.78. The van der Waals surface area contributed by atoms with Gasteiger partial charge in [0.15, 0.2) is 12.3 Å². The summed E-state index contributed by atoms with van der Waals surface area (Å²) in [7, 11) is 0. The standard InChI is InChI=1S/C28H30F6O/c1-3-5-7-16-8-11-18(12-9-16)35-28(33,34)21-15-14-20-19-13-10-17(6-4-2)24(29)22(19)26(31)27(32)23(20)25(21)30/h3,10,13-16,18,26-27H,1,4-9,11-12H2,2H3. The molecule has 2 aliphatic rings. The van der Waals surface area contributed by atoms with Gasteiger partial charge in [0.05, 0.1) is 11.7 Å². The van der Waals surface area contributed by atoms with E-state index in [0.717, 1.165) is 37.8 Å². The Bertz CT molecular complexity index is 1070. The van der Waals surface area contributed by atoms with E-state index in [1.807, 2.05) is 13.0 Å². The van der Waals surface area contributed by atoms with Crippen molar-refractivity contribution < 1.29 is 31.1 Å². The summed E-state index contributed by atoms with van der Waals surface area (Å²) in [4.78, 5) is 0. The molecule has 1 nitrogen and oxygen atoms in total. The van der Waals surface area contributed by atoms with Crippen molar-refractivity contribution in [3.05, 3.63) is 70.8 Å². The average molecular weight is 497 g/mol. The second-order valence-corrected chi connectivity index (χ2v) is 9.59. The fraction of sp³-hybridized carbons (Fsp3) is 0.500. The summed E-state index contributed by atoms with van der Waals surface area (Å²) in [6.07, 6.45) is -3.05. The van der Waals surface area contributed by atoms with Gasteiger partial charge in [0, 0.05) is 11.1 Å². The van der Waals surface area contributed by atoms with E-state index in [4.69, 9.17) is 4.74 Å². The molecule has 1 fully saturated rings. The Labute approximate surface area is 202 Å². The van der Waals surface area contributed by atoms with Crippen molar-refractivity contribution in [2.75, 3.05) is 0 Å². The normalized spacial score (nSPS) is 24.1. The minimum absolute atomic E-state index is 0.0220. The summed E-state index contributed by atoms with van der Waals surface area (Å²) in [5, 5.41) is 0.